The molecule has 1 saturated carbocycles. The number of carboxylic acids is 1. The van der Waals surface area contributed by atoms with Crippen LogP contribution in [0.1, 0.15) is 32.1 Å². The van der Waals surface area contributed by atoms with Crippen molar-refractivity contribution < 1.29 is 14.6 Å². The maximum absolute atomic E-state index is 11.3. The Balaban J connectivity index is 1.59. The molecule has 0 bridgehead atoms. The molecule has 0 amide bonds. The minimum absolute atomic E-state index is 0.0349. The molecule has 2 saturated heterocycles. The lowest BCUT2D eigenvalue weighted by atomic mass is 9.89. The van der Waals surface area contributed by atoms with Gasteiger partial charge in [-0.15, -0.1) is 0 Å². The minimum atomic E-state index is -0.682. The predicted molar refractivity (Wildman–Crippen MR) is 70.9 cm³/mol. The van der Waals surface area contributed by atoms with E-state index in [0.717, 1.165) is 44.5 Å². The van der Waals surface area contributed by atoms with Gasteiger partial charge in [-0.3, -0.25) is 4.79 Å². The zero-order valence-electron chi connectivity index (χ0n) is 10.6. The van der Waals surface area contributed by atoms with Crippen molar-refractivity contribution in [2.24, 2.45) is 5.92 Å². The first-order chi connectivity index (χ1) is 8.69. The van der Waals surface area contributed by atoms with Crippen molar-refractivity contribution >= 4 is 17.7 Å². The van der Waals surface area contributed by atoms with Crippen LogP contribution in [0, 0.1) is 5.92 Å². The van der Waals surface area contributed by atoms with Crippen LogP contribution in [0.15, 0.2) is 0 Å². The lowest BCUT2D eigenvalue weighted by molar-refractivity contribution is -0.141. The molecule has 102 valence electrons. The van der Waals surface area contributed by atoms with Gasteiger partial charge in [0, 0.05) is 18.4 Å². The summed E-state index contributed by atoms with van der Waals surface area (Å²) in [6, 6.07) is -0.0154. The van der Waals surface area contributed by atoms with E-state index in [4.69, 9.17) is 4.74 Å². The zero-order valence-corrected chi connectivity index (χ0v) is 11.4. The highest BCUT2D eigenvalue weighted by molar-refractivity contribution is 7.99. The van der Waals surface area contributed by atoms with Crippen LogP contribution in [0.3, 0.4) is 0 Å². The van der Waals surface area contributed by atoms with E-state index in [0.29, 0.717) is 12.0 Å². The molecule has 4 nitrogen and oxygen atoms in total. The molecular weight excluding hydrogens is 250 g/mol. The number of hydrogen-bond donors (Lipinski definition) is 2. The number of carbonyl (C=O) groups is 1. The Labute approximate surface area is 112 Å². The normalized spacial score (nSPS) is 37.9. The van der Waals surface area contributed by atoms with Gasteiger partial charge in [-0.1, -0.05) is 0 Å². The van der Waals surface area contributed by atoms with Gasteiger partial charge in [0.25, 0.3) is 0 Å². The van der Waals surface area contributed by atoms with E-state index in [1.165, 1.54) is 5.75 Å². The highest BCUT2D eigenvalue weighted by Crippen LogP contribution is 2.39. The zero-order chi connectivity index (χ0) is 12.6. The van der Waals surface area contributed by atoms with Crippen LogP contribution in [0.5, 0.6) is 0 Å². The first-order valence-electron chi connectivity index (χ1n) is 6.89. The number of ether oxygens (including phenoxy) is 1. The fraction of sp³-hybridized carbons (Fsp3) is 0.923. The third-order valence-corrected chi connectivity index (χ3v) is 5.56. The lowest BCUT2D eigenvalue weighted by Crippen LogP contribution is -2.52. The van der Waals surface area contributed by atoms with Crippen molar-refractivity contribution in [3.63, 3.8) is 0 Å². The standard InChI is InChI=1S/C13H21NO3S/c15-12(16)11(9-1-2-9)14-10-3-5-17-13(7-10)4-6-18-8-13/h9-11,14H,1-8H2,(H,15,16). The van der Waals surface area contributed by atoms with Crippen LogP contribution in [0.2, 0.25) is 0 Å². The largest absolute Gasteiger partial charge is 0.480 e. The van der Waals surface area contributed by atoms with Gasteiger partial charge in [0.15, 0.2) is 0 Å². The smallest absolute Gasteiger partial charge is 0.320 e. The average molecular weight is 271 g/mol. The molecule has 3 atom stereocenters. The SMILES string of the molecule is O=C(O)C(NC1CCOC2(CCSC2)C1)C1CC1. The van der Waals surface area contributed by atoms with Crippen molar-refractivity contribution in [2.75, 3.05) is 18.1 Å². The molecule has 3 fully saturated rings. The number of nitrogens with one attached hydrogen (secondary N) is 1. The third kappa shape index (κ3) is 2.68. The molecule has 3 rings (SSSR count). The average Bonchev–Trinajstić information content (AvgIpc) is 3.09. The number of rotatable bonds is 4. The molecule has 1 spiro atoms. The molecule has 18 heavy (non-hydrogen) atoms. The molecular formula is C13H21NO3S. The predicted octanol–water partition coefficient (Wildman–Crippen LogP) is 1.49. The van der Waals surface area contributed by atoms with Gasteiger partial charge in [0.05, 0.1) is 5.60 Å². The Morgan fingerprint density at radius 2 is 2.28 bits per heavy atom. The van der Waals surface area contributed by atoms with Crippen molar-refractivity contribution in [3.8, 4) is 0 Å². The summed E-state index contributed by atoms with van der Waals surface area (Å²) in [5.41, 5.74) is 0.0349. The van der Waals surface area contributed by atoms with Crippen LogP contribution in [-0.2, 0) is 9.53 Å². The highest BCUT2D eigenvalue weighted by atomic mass is 32.2. The van der Waals surface area contributed by atoms with E-state index in [1.54, 1.807) is 0 Å². The Hall–Kier alpha value is -0.260. The molecule has 0 aromatic heterocycles. The second kappa shape index (κ2) is 5.02. The summed E-state index contributed by atoms with van der Waals surface area (Å²) >= 11 is 1.96. The molecule has 3 unspecified atom stereocenters. The Morgan fingerprint density at radius 1 is 1.44 bits per heavy atom. The van der Waals surface area contributed by atoms with Crippen LogP contribution < -0.4 is 5.32 Å². The van der Waals surface area contributed by atoms with Gasteiger partial charge in [-0.2, -0.15) is 11.8 Å². The summed E-state index contributed by atoms with van der Waals surface area (Å²) < 4.78 is 5.97. The minimum Gasteiger partial charge on any atom is -0.480 e. The number of hydrogen-bond acceptors (Lipinski definition) is 4. The molecule has 2 N–H and O–H groups in total. The molecule has 0 aromatic carbocycles. The number of thioether (sulfide) groups is 1. The van der Waals surface area contributed by atoms with Crippen molar-refractivity contribution in [1.82, 2.24) is 5.32 Å². The van der Waals surface area contributed by atoms with Crippen LogP contribution >= 0.6 is 11.8 Å². The number of aliphatic carboxylic acids is 1. The van der Waals surface area contributed by atoms with Gasteiger partial charge in [0.1, 0.15) is 6.04 Å². The molecule has 0 aromatic rings. The van der Waals surface area contributed by atoms with Crippen LogP contribution in [0.25, 0.3) is 0 Å². The van der Waals surface area contributed by atoms with E-state index in [-0.39, 0.29) is 11.6 Å². The second-order valence-corrected chi connectivity index (χ2v) is 6.95. The summed E-state index contributed by atoms with van der Waals surface area (Å²) in [5, 5.41) is 12.7. The summed E-state index contributed by atoms with van der Waals surface area (Å²) in [5.74, 6) is 1.93. The van der Waals surface area contributed by atoms with Gasteiger partial charge >= 0.3 is 5.97 Å². The van der Waals surface area contributed by atoms with E-state index in [1.807, 2.05) is 11.8 Å². The lowest BCUT2D eigenvalue weighted by Gasteiger charge is -2.39. The Morgan fingerprint density at radius 3 is 2.89 bits per heavy atom. The quantitative estimate of drug-likeness (QED) is 0.811. The van der Waals surface area contributed by atoms with Crippen molar-refractivity contribution in [1.29, 1.82) is 0 Å². The van der Waals surface area contributed by atoms with Crippen LogP contribution in [0.4, 0.5) is 0 Å². The molecule has 1 aliphatic carbocycles. The van der Waals surface area contributed by atoms with E-state index >= 15 is 0 Å². The first kappa shape index (κ1) is 12.8. The van der Waals surface area contributed by atoms with Gasteiger partial charge in [0.2, 0.25) is 0 Å². The summed E-state index contributed by atoms with van der Waals surface area (Å²) in [6.07, 6.45) is 5.18. The highest BCUT2D eigenvalue weighted by Gasteiger charge is 2.43. The second-order valence-electron chi connectivity index (χ2n) is 5.84. The van der Waals surface area contributed by atoms with Gasteiger partial charge < -0.3 is 15.2 Å². The van der Waals surface area contributed by atoms with Crippen molar-refractivity contribution in [3.05, 3.63) is 0 Å². The molecule has 2 heterocycles. The summed E-state index contributed by atoms with van der Waals surface area (Å²) in [6.45, 7) is 0.773. The molecule has 0 radical (unpaired) electrons. The van der Waals surface area contributed by atoms with Crippen molar-refractivity contribution in [2.45, 2.75) is 49.8 Å². The van der Waals surface area contributed by atoms with Gasteiger partial charge in [-0.25, -0.2) is 0 Å². The van der Waals surface area contributed by atoms with E-state index in [2.05, 4.69) is 5.32 Å². The molecule has 2 aliphatic heterocycles. The number of carboxylic acid groups (broad SMARTS) is 1. The monoisotopic (exact) mass is 271 g/mol. The van der Waals surface area contributed by atoms with E-state index < -0.39 is 5.97 Å². The third-order valence-electron chi connectivity index (χ3n) is 4.33. The fourth-order valence-corrected chi connectivity index (χ4v) is 4.50. The summed E-state index contributed by atoms with van der Waals surface area (Å²) in [7, 11) is 0. The fourth-order valence-electron chi connectivity index (χ4n) is 3.13. The first-order valence-corrected chi connectivity index (χ1v) is 8.05. The summed E-state index contributed by atoms with van der Waals surface area (Å²) in [4.78, 5) is 11.3. The molecule has 3 aliphatic rings. The Bertz CT molecular complexity index is 326. The van der Waals surface area contributed by atoms with Crippen LogP contribution in [-0.4, -0.2) is 46.9 Å². The maximum Gasteiger partial charge on any atom is 0.320 e. The maximum atomic E-state index is 11.3. The van der Waals surface area contributed by atoms with Gasteiger partial charge in [-0.05, 0) is 43.8 Å². The molecule has 5 heteroatoms. The van der Waals surface area contributed by atoms with E-state index in [9.17, 15) is 9.90 Å². The topological polar surface area (TPSA) is 58.6 Å². The Kier molecular flexibility index (Phi) is 3.56.